The molecule has 1 aliphatic carbocycles. The van der Waals surface area contributed by atoms with Crippen LogP contribution < -0.4 is 0 Å². The molecule has 0 bridgehead atoms. The molecule has 5 heteroatoms. The fourth-order valence-electron chi connectivity index (χ4n) is 10.3. The van der Waals surface area contributed by atoms with Crippen molar-refractivity contribution in [3.05, 3.63) is 124 Å². The second-order valence-electron chi connectivity index (χ2n) is 20.2. The minimum absolute atomic E-state index is 0.160. The summed E-state index contributed by atoms with van der Waals surface area (Å²) in [5.74, 6) is 0.160. The Kier molecular flexibility index (Phi) is 23.1. The first-order chi connectivity index (χ1) is 34.5. The number of hydrogen-bond donors (Lipinski definition) is 0. The zero-order chi connectivity index (χ0) is 48.8. The Morgan fingerprint density at radius 2 is 0.671 bits per heavy atom. The fraction of sp³-hybridized carbons (Fsp3) is 0.492. The molecule has 0 unspecified atom stereocenters. The van der Waals surface area contributed by atoms with E-state index in [9.17, 15) is 4.79 Å². The van der Waals surface area contributed by atoms with Crippen LogP contribution in [0.15, 0.2) is 71.4 Å². The molecule has 7 rings (SSSR count). The largest absolute Gasteiger partial charge is 0.289 e. The lowest BCUT2D eigenvalue weighted by Gasteiger charge is -2.04. The first-order valence-corrected chi connectivity index (χ1v) is 31.5. The molecule has 0 atom stereocenters. The maximum Gasteiger partial charge on any atom is 0.194 e. The molecule has 0 radical (unpaired) electrons. The molecule has 0 aliphatic heterocycles. The van der Waals surface area contributed by atoms with Gasteiger partial charge in [0.1, 0.15) is 0 Å². The van der Waals surface area contributed by atoms with Crippen LogP contribution in [-0.2, 0) is 25.7 Å². The van der Waals surface area contributed by atoms with E-state index < -0.39 is 0 Å². The molecule has 0 fully saturated rings. The summed E-state index contributed by atoms with van der Waals surface area (Å²) in [5, 5.41) is 4.55. The maximum absolute atomic E-state index is 14.5. The number of benzene rings is 2. The van der Waals surface area contributed by atoms with Gasteiger partial charge < -0.3 is 0 Å². The van der Waals surface area contributed by atoms with Gasteiger partial charge in [-0.1, -0.05) is 180 Å². The van der Waals surface area contributed by atoms with Crippen molar-refractivity contribution >= 4 is 75.4 Å². The first-order valence-electron chi connectivity index (χ1n) is 28.1. The number of rotatable bonds is 34. The molecule has 0 spiro atoms. The normalized spacial score (nSPS) is 12.4. The van der Waals surface area contributed by atoms with Crippen molar-refractivity contribution < 1.29 is 4.79 Å². The van der Waals surface area contributed by atoms with Crippen molar-refractivity contribution in [3.63, 3.8) is 0 Å². The molecule has 1 nitrogen and oxygen atoms in total. The van der Waals surface area contributed by atoms with E-state index in [1.54, 1.807) is 0 Å². The van der Waals surface area contributed by atoms with Gasteiger partial charge in [-0.15, -0.1) is 45.3 Å². The van der Waals surface area contributed by atoms with Crippen molar-refractivity contribution in [2.24, 2.45) is 0 Å². The standard InChI is InChI=1S/C65H84OS4/c1-5-9-13-17-21-25-29-49-41-43-67-59(49)37-39-61-51(31-27-23-19-15-11-7-3)47-63(69-61)53-33-35-55-56-36-34-54(46-58(56)65(66)57(55)45-53)64-48-52(32-28-24-20-16-12-8-4)62(70-64)40-38-60-50(42-44-68-60)30-26-22-18-14-10-6-2/h33-48H,5-32H2,1-4H3/b39-37-,40-38-. The predicted molar refractivity (Wildman–Crippen MR) is 317 cm³/mol. The maximum atomic E-state index is 14.5. The topological polar surface area (TPSA) is 17.1 Å². The third-order valence-electron chi connectivity index (χ3n) is 14.6. The van der Waals surface area contributed by atoms with Crippen molar-refractivity contribution in [2.45, 2.75) is 207 Å². The molecule has 70 heavy (non-hydrogen) atoms. The average Bonchev–Trinajstić information content (AvgIpc) is 4.24. The third-order valence-corrected chi connectivity index (χ3v) is 18.8. The summed E-state index contributed by atoms with van der Waals surface area (Å²) >= 11 is 7.55. The van der Waals surface area contributed by atoms with E-state index in [0.717, 1.165) is 46.2 Å². The second-order valence-corrected chi connectivity index (χ2v) is 24.3. The van der Waals surface area contributed by atoms with Crippen LogP contribution in [0.2, 0.25) is 0 Å². The Hall–Kier alpha value is -3.61. The number of fused-ring (bicyclic) bond motifs is 3. The predicted octanol–water partition coefficient (Wildman–Crippen LogP) is 22.4. The fourth-order valence-corrected chi connectivity index (χ4v) is 14.2. The lowest BCUT2D eigenvalue weighted by atomic mass is 10.0. The molecule has 2 aromatic carbocycles. The number of carbonyl (C=O) groups excluding carboxylic acids is 1. The summed E-state index contributed by atoms with van der Waals surface area (Å²) in [7, 11) is 0. The number of thiophene rings is 4. The van der Waals surface area contributed by atoms with E-state index in [0.29, 0.717) is 0 Å². The number of carbonyl (C=O) groups is 1. The van der Waals surface area contributed by atoms with Crippen molar-refractivity contribution in [3.8, 4) is 32.0 Å². The molecule has 4 heterocycles. The van der Waals surface area contributed by atoms with Gasteiger partial charge in [0.2, 0.25) is 0 Å². The van der Waals surface area contributed by atoms with Crippen molar-refractivity contribution in [1.29, 1.82) is 0 Å². The number of unbranched alkanes of at least 4 members (excludes halogenated alkanes) is 20. The van der Waals surface area contributed by atoms with Gasteiger partial charge in [-0.3, -0.25) is 4.79 Å². The van der Waals surface area contributed by atoms with Crippen LogP contribution in [0.5, 0.6) is 0 Å². The Morgan fingerprint density at radius 3 is 1.04 bits per heavy atom. The monoisotopic (exact) mass is 1010 g/mol. The summed E-state index contributed by atoms with van der Waals surface area (Å²) in [6.45, 7) is 9.18. The molecular formula is C65H84OS4. The van der Waals surface area contributed by atoms with E-state index in [-0.39, 0.29) is 5.78 Å². The lowest BCUT2D eigenvalue weighted by Crippen LogP contribution is -1.95. The van der Waals surface area contributed by atoms with Gasteiger partial charge in [0.05, 0.1) is 0 Å². The second kappa shape index (κ2) is 29.8. The van der Waals surface area contributed by atoms with E-state index >= 15 is 0 Å². The molecule has 0 N–H and O–H groups in total. The quantitative estimate of drug-likeness (QED) is 0.0368. The molecule has 4 aromatic heterocycles. The van der Waals surface area contributed by atoms with Crippen LogP contribution in [0, 0.1) is 0 Å². The number of aryl methyl sites for hydroxylation is 4. The summed E-state index contributed by atoms with van der Waals surface area (Å²) in [4.78, 5) is 22.6. The molecular weight excluding hydrogens is 925 g/mol. The van der Waals surface area contributed by atoms with Crippen LogP contribution >= 0.6 is 45.3 Å². The average molecular weight is 1010 g/mol. The highest BCUT2D eigenvalue weighted by Crippen LogP contribution is 2.44. The van der Waals surface area contributed by atoms with Crippen LogP contribution in [0.3, 0.4) is 0 Å². The molecule has 0 saturated heterocycles. The van der Waals surface area contributed by atoms with Gasteiger partial charge >= 0.3 is 0 Å². The number of hydrogen-bond acceptors (Lipinski definition) is 5. The molecule has 374 valence electrons. The van der Waals surface area contributed by atoms with E-state index in [4.69, 9.17) is 0 Å². The lowest BCUT2D eigenvalue weighted by molar-refractivity contribution is 0.104. The molecule has 1 aliphatic rings. The molecule has 0 amide bonds. The Morgan fingerprint density at radius 1 is 0.343 bits per heavy atom. The number of ketones is 1. The zero-order valence-corrected chi connectivity index (χ0v) is 46.8. The van der Waals surface area contributed by atoms with Gasteiger partial charge in [-0.25, -0.2) is 0 Å². The highest BCUT2D eigenvalue weighted by molar-refractivity contribution is 7.17. The van der Waals surface area contributed by atoms with Gasteiger partial charge in [0.15, 0.2) is 5.78 Å². The van der Waals surface area contributed by atoms with Crippen LogP contribution in [0.4, 0.5) is 0 Å². The summed E-state index contributed by atoms with van der Waals surface area (Å²) in [6.07, 6.45) is 45.7. The highest BCUT2D eigenvalue weighted by atomic mass is 32.1. The van der Waals surface area contributed by atoms with E-state index in [1.165, 1.54) is 218 Å². The smallest absolute Gasteiger partial charge is 0.194 e. The Labute approximate surface area is 441 Å². The van der Waals surface area contributed by atoms with Crippen molar-refractivity contribution in [1.82, 2.24) is 0 Å². The van der Waals surface area contributed by atoms with Crippen LogP contribution in [0.1, 0.15) is 239 Å². The third kappa shape index (κ3) is 15.7. The van der Waals surface area contributed by atoms with Crippen LogP contribution in [0.25, 0.3) is 56.3 Å². The van der Waals surface area contributed by atoms with Gasteiger partial charge in [-0.05, 0) is 167 Å². The SMILES string of the molecule is CCCCCCCCc1ccsc1/C=C\c1sc(-c2ccc3c(c2)C(=O)c2cc(-c4cc(CCCCCCCC)c(/C=C\c5sccc5CCCCCCCC)s4)ccc2-3)cc1CCCCCCCC. The molecule has 0 saturated carbocycles. The van der Waals surface area contributed by atoms with E-state index in [2.05, 4.69) is 123 Å². The van der Waals surface area contributed by atoms with Crippen LogP contribution in [-0.4, -0.2) is 5.78 Å². The zero-order valence-electron chi connectivity index (χ0n) is 43.6. The minimum Gasteiger partial charge on any atom is -0.289 e. The molecule has 6 aromatic rings. The van der Waals surface area contributed by atoms with Gasteiger partial charge in [0, 0.05) is 40.4 Å². The summed E-state index contributed by atoms with van der Waals surface area (Å²) in [6, 6.07) is 22.9. The Bertz CT molecular complexity index is 2370. The Balaban J connectivity index is 1.08. The minimum atomic E-state index is 0.160. The van der Waals surface area contributed by atoms with Crippen molar-refractivity contribution in [2.75, 3.05) is 0 Å². The first kappa shape index (κ1) is 54.2. The van der Waals surface area contributed by atoms with Gasteiger partial charge in [-0.2, -0.15) is 0 Å². The van der Waals surface area contributed by atoms with Gasteiger partial charge in [0.25, 0.3) is 0 Å². The summed E-state index contributed by atoms with van der Waals surface area (Å²) in [5.41, 5.74) is 12.0. The highest BCUT2D eigenvalue weighted by Gasteiger charge is 2.28. The van der Waals surface area contributed by atoms with E-state index in [1.807, 2.05) is 45.3 Å². The summed E-state index contributed by atoms with van der Waals surface area (Å²) < 4.78 is 0.